The van der Waals surface area contributed by atoms with Gasteiger partial charge in [-0.3, -0.25) is 10.7 Å². The maximum atomic E-state index is 5.54. The van der Waals surface area contributed by atoms with Crippen molar-refractivity contribution in [2.45, 2.75) is 4.46 Å². The lowest BCUT2D eigenvalue weighted by molar-refractivity contribution is 0.864. The highest BCUT2D eigenvalue weighted by atomic mass is 35.5. The van der Waals surface area contributed by atoms with Crippen molar-refractivity contribution in [1.82, 2.24) is 4.98 Å². The van der Waals surface area contributed by atoms with Crippen molar-refractivity contribution in [3.05, 3.63) is 30.1 Å². The molecule has 0 aliphatic heterocycles. The van der Waals surface area contributed by atoms with Crippen LogP contribution < -0.4 is 5.73 Å². The highest BCUT2D eigenvalue weighted by molar-refractivity contribution is 6.47. The Balaban J connectivity index is 2.97. The molecule has 1 aromatic rings. The minimum absolute atomic E-state index is 0.457. The zero-order valence-corrected chi connectivity index (χ0v) is 6.60. The van der Waals surface area contributed by atoms with Gasteiger partial charge in [0.2, 0.25) is 4.46 Å². The average Bonchev–Trinajstić information content (AvgIpc) is 1.88. The number of aromatic nitrogens is 1. The SMILES string of the molecule is NC(Cl)(Cl)c1ccccn1. The summed E-state index contributed by atoms with van der Waals surface area (Å²) < 4.78 is -1.37. The second-order valence-corrected chi connectivity index (χ2v) is 3.22. The zero-order chi connectivity index (χ0) is 7.61. The Morgan fingerprint density at radius 3 is 2.40 bits per heavy atom. The molecule has 0 unspecified atom stereocenters. The molecule has 0 aromatic carbocycles. The number of hydrogen-bond donors (Lipinski definition) is 1. The van der Waals surface area contributed by atoms with Crippen molar-refractivity contribution in [3.8, 4) is 0 Å². The summed E-state index contributed by atoms with van der Waals surface area (Å²) in [6.45, 7) is 0. The molecule has 2 nitrogen and oxygen atoms in total. The third-order valence-electron chi connectivity index (χ3n) is 1.01. The fourth-order valence-corrected chi connectivity index (χ4v) is 0.784. The lowest BCUT2D eigenvalue weighted by Crippen LogP contribution is -2.23. The van der Waals surface area contributed by atoms with Gasteiger partial charge in [0.1, 0.15) is 0 Å². The Hall–Kier alpha value is -0.310. The second-order valence-electron chi connectivity index (χ2n) is 1.84. The van der Waals surface area contributed by atoms with Gasteiger partial charge in [0.05, 0.1) is 5.69 Å². The number of rotatable bonds is 1. The fourth-order valence-electron chi connectivity index (χ4n) is 0.560. The number of nitrogens with two attached hydrogens (primary N) is 1. The molecule has 1 aromatic heterocycles. The maximum absolute atomic E-state index is 5.54. The molecular weight excluding hydrogens is 171 g/mol. The smallest absolute Gasteiger partial charge is 0.209 e. The predicted octanol–water partition coefficient (Wildman–Crippen LogP) is 1.63. The number of nitrogens with zero attached hydrogens (tertiary/aromatic N) is 1. The monoisotopic (exact) mass is 176 g/mol. The molecule has 2 N–H and O–H groups in total. The third kappa shape index (κ3) is 1.84. The number of pyridine rings is 1. The van der Waals surface area contributed by atoms with Gasteiger partial charge in [-0.25, -0.2) is 0 Å². The van der Waals surface area contributed by atoms with Crippen LogP contribution in [0.15, 0.2) is 24.4 Å². The normalized spacial score (nSPS) is 11.5. The Bertz CT molecular complexity index is 205. The highest BCUT2D eigenvalue weighted by Gasteiger charge is 2.20. The summed E-state index contributed by atoms with van der Waals surface area (Å²) >= 11 is 11.1. The first-order valence-electron chi connectivity index (χ1n) is 2.69. The molecule has 0 fully saturated rings. The van der Waals surface area contributed by atoms with Crippen LogP contribution >= 0.6 is 23.2 Å². The molecular formula is C6H6Cl2N2. The van der Waals surface area contributed by atoms with Gasteiger partial charge in [0.15, 0.2) is 0 Å². The topological polar surface area (TPSA) is 38.9 Å². The van der Waals surface area contributed by atoms with E-state index < -0.39 is 4.46 Å². The van der Waals surface area contributed by atoms with E-state index in [0.29, 0.717) is 5.69 Å². The Labute approximate surface area is 69.0 Å². The van der Waals surface area contributed by atoms with E-state index in [1.165, 1.54) is 0 Å². The second kappa shape index (κ2) is 2.74. The van der Waals surface area contributed by atoms with Crippen LogP contribution in [0.25, 0.3) is 0 Å². The van der Waals surface area contributed by atoms with E-state index in [-0.39, 0.29) is 0 Å². The molecule has 0 saturated heterocycles. The van der Waals surface area contributed by atoms with E-state index >= 15 is 0 Å². The minimum Gasteiger partial charge on any atom is -0.295 e. The predicted molar refractivity (Wildman–Crippen MR) is 41.8 cm³/mol. The van der Waals surface area contributed by atoms with Crippen molar-refractivity contribution in [2.75, 3.05) is 0 Å². The van der Waals surface area contributed by atoms with Crippen LogP contribution in [0.5, 0.6) is 0 Å². The maximum Gasteiger partial charge on any atom is 0.209 e. The van der Waals surface area contributed by atoms with Gasteiger partial charge >= 0.3 is 0 Å². The van der Waals surface area contributed by atoms with Crippen LogP contribution in [0.2, 0.25) is 0 Å². The number of alkyl halides is 2. The molecule has 0 aliphatic carbocycles. The standard InChI is InChI=1S/C6H6Cl2N2/c7-6(8,9)5-3-1-2-4-10-5/h1-4H,9H2. The summed E-state index contributed by atoms with van der Waals surface area (Å²) in [4.78, 5) is 3.86. The fraction of sp³-hybridized carbons (Fsp3) is 0.167. The van der Waals surface area contributed by atoms with Gasteiger partial charge in [-0.05, 0) is 12.1 Å². The van der Waals surface area contributed by atoms with E-state index in [2.05, 4.69) is 4.98 Å². The van der Waals surface area contributed by atoms with Crippen LogP contribution in [-0.2, 0) is 4.46 Å². The van der Waals surface area contributed by atoms with Gasteiger partial charge < -0.3 is 0 Å². The average molecular weight is 177 g/mol. The minimum atomic E-state index is -1.37. The summed E-state index contributed by atoms with van der Waals surface area (Å²) in [7, 11) is 0. The summed E-state index contributed by atoms with van der Waals surface area (Å²) in [6.07, 6.45) is 1.59. The summed E-state index contributed by atoms with van der Waals surface area (Å²) in [5.74, 6) is 0. The van der Waals surface area contributed by atoms with Crippen molar-refractivity contribution in [2.24, 2.45) is 5.73 Å². The lowest BCUT2D eigenvalue weighted by Gasteiger charge is -2.10. The molecule has 4 heteroatoms. The van der Waals surface area contributed by atoms with E-state index in [4.69, 9.17) is 28.9 Å². The first-order valence-corrected chi connectivity index (χ1v) is 3.44. The molecule has 0 atom stereocenters. The van der Waals surface area contributed by atoms with Gasteiger partial charge in [-0.2, -0.15) is 0 Å². The first kappa shape index (κ1) is 7.79. The molecule has 0 amide bonds. The number of hydrogen-bond acceptors (Lipinski definition) is 2. The van der Waals surface area contributed by atoms with E-state index in [1.54, 1.807) is 24.4 Å². The highest BCUT2D eigenvalue weighted by Crippen LogP contribution is 2.24. The molecule has 0 radical (unpaired) electrons. The Morgan fingerprint density at radius 1 is 1.40 bits per heavy atom. The lowest BCUT2D eigenvalue weighted by atomic mass is 10.3. The molecule has 0 saturated carbocycles. The van der Waals surface area contributed by atoms with Crippen molar-refractivity contribution in [3.63, 3.8) is 0 Å². The molecule has 1 rings (SSSR count). The first-order chi connectivity index (χ1) is 4.61. The Kier molecular flexibility index (Phi) is 2.14. The molecule has 0 bridgehead atoms. The van der Waals surface area contributed by atoms with Gasteiger partial charge in [0.25, 0.3) is 0 Å². The van der Waals surface area contributed by atoms with Crippen LogP contribution in [-0.4, -0.2) is 4.98 Å². The van der Waals surface area contributed by atoms with E-state index in [1.807, 2.05) is 0 Å². The number of halogens is 2. The van der Waals surface area contributed by atoms with Gasteiger partial charge in [-0.15, -0.1) is 0 Å². The van der Waals surface area contributed by atoms with E-state index in [0.717, 1.165) is 0 Å². The summed E-state index contributed by atoms with van der Waals surface area (Å²) in [6, 6.07) is 5.21. The summed E-state index contributed by atoms with van der Waals surface area (Å²) in [5.41, 5.74) is 5.78. The van der Waals surface area contributed by atoms with Crippen LogP contribution in [0, 0.1) is 0 Å². The van der Waals surface area contributed by atoms with Crippen LogP contribution in [0.1, 0.15) is 5.69 Å². The summed E-state index contributed by atoms with van der Waals surface area (Å²) in [5, 5.41) is 0. The largest absolute Gasteiger partial charge is 0.295 e. The van der Waals surface area contributed by atoms with Gasteiger partial charge in [0, 0.05) is 6.20 Å². The van der Waals surface area contributed by atoms with Crippen molar-refractivity contribution >= 4 is 23.2 Å². The van der Waals surface area contributed by atoms with E-state index in [9.17, 15) is 0 Å². The molecule has 54 valence electrons. The molecule has 10 heavy (non-hydrogen) atoms. The zero-order valence-electron chi connectivity index (χ0n) is 5.09. The molecule has 0 spiro atoms. The Morgan fingerprint density at radius 2 is 2.10 bits per heavy atom. The van der Waals surface area contributed by atoms with Crippen LogP contribution in [0.4, 0.5) is 0 Å². The van der Waals surface area contributed by atoms with Crippen LogP contribution in [0.3, 0.4) is 0 Å². The van der Waals surface area contributed by atoms with Crippen molar-refractivity contribution < 1.29 is 0 Å². The molecule has 1 heterocycles. The quantitative estimate of drug-likeness (QED) is 0.522. The van der Waals surface area contributed by atoms with Gasteiger partial charge in [-0.1, -0.05) is 29.3 Å². The third-order valence-corrected chi connectivity index (χ3v) is 1.39. The molecule has 0 aliphatic rings. The van der Waals surface area contributed by atoms with Crippen molar-refractivity contribution in [1.29, 1.82) is 0 Å².